The Kier molecular flexibility index (Phi) is 15.3. The maximum absolute atomic E-state index is 14.1. The summed E-state index contributed by atoms with van der Waals surface area (Å²) < 4.78 is 48.9. The maximum atomic E-state index is 14.1. The lowest BCUT2D eigenvalue weighted by molar-refractivity contribution is -0.0529. The first-order chi connectivity index (χ1) is 27.7. The third-order valence-corrected chi connectivity index (χ3v) is 11.9. The fourth-order valence-electron chi connectivity index (χ4n) is 8.37. The van der Waals surface area contributed by atoms with E-state index in [1.54, 1.807) is 24.3 Å². The van der Waals surface area contributed by atoms with Gasteiger partial charge in [-0.1, -0.05) is 59.2 Å². The van der Waals surface area contributed by atoms with Crippen LogP contribution in [0.15, 0.2) is 30.3 Å². The zero-order chi connectivity index (χ0) is 46.2. The number of nitrogens with one attached hydrogen (secondary N) is 2. The Bertz CT molecular complexity index is 1870. The highest BCUT2D eigenvalue weighted by atomic mass is 35.5. The van der Waals surface area contributed by atoms with Crippen LogP contribution in [0.5, 0.6) is 11.5 Å². The van der Waals surface area contributed by atoms with Crippen LogP contribution in [0.4, 0.5) is 0 Å². The lowest BCUT2D eigenvalue weighted by atomic mass is 9.78. The lowest BCUT2D eigenvalue weighted by Gasteiger charge is -2.36. The molecule has 2 aliphatic heterocycles. The molecule has 61 heavy (non-hydrogen) atoms. The molecule has 2 aromatic carbocycles. The average Bonchev–Trinajstić information content (AvgIpc) is 3.45. The summed E-state index contributed by atoms with van der Waals surface area (Å²) in [4.78, 5) is 27.8. The van der Waals surface area contributed by atoms with E-state index in [1.807, 2.05) is 82.2 Å². The van der Waals surface area contributed by atoms with Crippen molar-refractivity contribution in [1.82, 2.24) is 10.6 Å². The van der Waals surface area contributed by atoms with Gasteiger partial charge in [-0.15, -0.1) is 0 Å². The second kappa shape index (κ2) is 18.3. The van der Waals surface area contributed by atoms with Gasteiger partial charge in [0, 0.05) is 24.6 Å². The van der Waals surface area contributed by atoms with Crippen LogP contribution < -0.4 is 31.0 Å². The second-order valence-corrected chi connectivity index (χ2v) is 22.6. The highest BCUT2D eigenvalue weighted by molar-refractivity contribution is 6.63. The van der Waals surface area contributed by atoms with E-state index in [2.05, 4.69) is 52.2 Å². The van der Waals surface area contributed by atoms with Crippen molar-refractivity contribution in [2.75, 3.05) is 27.3 Å². The molecule has 2 aliphatic rings. The largest absolute Gasteiger partial charge is 0.494 e. The van der Waals surface area contributed by atoms with E-state index < -0.39 is 47.7 Å². The van der Waals surface area contributed by atoms with Gasteiger partial charge in [0.1, 0.15) is 5.75 Å². The number of hydrogen-bond donors (Lipinski definition) is 2. The van der Waals surface area contributed by atoms with Crippen LogP contribution in [0.1, 0.15) is 158 Å². The van der Waals surface area contributed by atoms with Gasteiger partial charge in [0.05, 0.1) is 45.2 Å². The number of halogens is 1. The first-order valence-corrected chi connectivity index (χ1v) is 21.7. The Balaban J connectivity index is 1.50. The summed E-state index contributed by atoms with van der Waals surface area (Å²) in [7, 11) is 0.0215. The molecule has 2 amide bonds. The minimum Gasteiger partial charge on any atom is -0.467 e. The van der Waals surface area contributed by atoms with Gasteiger partial charge in [0.2, 0.25) is 0 Å². The molecular formula is C46H73B2ClN2O10. The standard InChI is InChI=1S/C46H73B2ClN2O10/c1-39(2,3)26-41(7,8)50-37(52)32-23-30(19-20-35(32)56-28-54-18)47-60-45(15,16)46(17,61-47)21-22-55-29-57-36-33(38(53)51-42(9,10)27-40(4,5)6)24-31(25-34(36)49)48-58-43(11,12)44(13,14)59-48/h19-20,23-25H,21-22,26-29H2,1-18H3,(H,50,52)(H,51,53). The van der Waals surface area contributed by atoms with Crippen molar-refractivity contribution in [3.63, 3.8) is 0 Å². The fraction of sp³-hybridized carbons (Fsp3) is 0.696. The number of rotatable bonds is 17. The molecule has 2 heterocycles. The zero-order valence-electron chi connectivity index (χ0n) is 40.2. The maximum Gasteiger partial charge on any atom is 0.494 e. The number of carbonyl (C=O) groups excluding carboxylic acids is 2. The van der Waals surface area contributed by atoms with E-state index in [0.29, 0.717) is 28.7 Å². The van der Waals surface area contributed by atoms with E-state index >= 15 is 0 Å². The molecule has 2 saturated heterocycles. The monoisotopic (exact) mass is 871 g/mol. The molecule has 0 aromatic heterocycles. The van der Waals surface area contributed by atoms with Crippen molar-refractivity contribution in [2.45, 2.75) is 170 Å². The Morgan fingerprint density at radius 1 is 0.656 bits per heavy atom. The van der Waals surface area contributed by atoms with Crippen LogP contribution in [-0.2, 0) is 28.1 Å². The molecule has 2 aromatic rings. The smallest absolute Gasteiger partial charge is 0.467 e. The Morgan fingerprint density at radius 2 is 1.15 bits per heavy atom. The van der Waals surface area contributed by atoms with Gasteiger partial charge in [-0.2, -0.15) is 0 Å². The Hall–Kier alpha value is -2.84. The molecule has 15 heteroatoms. The van der Waals surface area contributed by atoms with Crippen molar-refractivity contribution in [3.05, 3.63) is 46.5 Å². The zero-order valence-corrected chi connectivity index (χ0v) is 41.0. The van der Waals surface area contributed by atoms with Crippen LogP contribution in [0.25, 0.3) is 0 Å². The first kappa shape index (κ1) is 50.8. The van der Waals surface area contributed by atoms with Gasteiger partial charge in [-0.25, -0.2) is 0 Å². The van der Waals surface area contributed by atoms with E-state index in [1.165, 1.54) is 7.11 Å². The van der Waals surface area contributed by atoms with Gasteiger partial charge >= 0.3 is 14.2 Å². The second-order valence-electron chi connectivity index (χ2n) is 22.2. The minimum atomic E-state index is -0.800. The summed E-state index contributed by atoms with van der Waals surface area (Å²) in [5, 5.41) is 6.60. The summed E-state index contributed by atoms with van der Waals surface area (Å²) in [6.45, 7) is 34.7. The topological polar surface area (TPSA) is 132 Å². The fourth-order valence-corrected chi connectivity index (χ4v) is 8.65. The van der Waals surface area contributed by atoms with Crippen LogP contribution in [0.2, 0.25) is 5.02 Å². The van der Waals surface area contributed by atoms with E-state index in [4.69, 9.17) is 49.2 Å². The molecule has 0 spiro atoms. The third kappa shape index (κ3) is 13.1. The summed E-state index contributed by atoms with van der Waals surface area (Å²) in [5.41, 5.74) is -1.89. The number of ether oxygens (including phenoxy) is 4. The molecule has 12 nitrogen and oxygen atoms in total. The van der Waals surface area contributed by atoms with Gasteiger partial charge in [0.25, 0.3) is 11.8 Å². The molecule has 340 valence electrons. The highest BCUT2D eigenvalue weighted by Crippen LogP contribution is 2.41. The Labute approximate surface area is 371 Å². The molecule has 2 fully saturated rings. The summed E-state index contributed by atoms with van der Waals surface area (Å²) in [6, 6.07) is 8.75. The third-order valence-electron chi connectivity index (χ3n) is 11.6. The molecule has 4 rings (SSSR count). The normalized spacial score (nSPS) is 20.2. The number of hydrogen-bond acceptors (Lipinski definition) is 10. The van der Waals surface area contributed by atoms with Gasteiger partial charge in [-0.05, 0) is 135 Å². The molecule has 1 atom stereocenters. The first-order valence-electron chi connectivity index (χ1n) is 21.4. The van der Waals surface area contributed by atoms with E-state index in [-0.39, 0.29) is 59.2 Å². The number of amides is 2. The average molecular weight is 871 g/mol. The molecule has 0 aliphatic carbocycles. The van der Waals surface area contributed by atoms with E-state index in [9.17, 15) is 9.59 Å². The van der Waals surface area contributed by atoms with Crippen LogP contribution in [-0.4, -0.2) is 86.8 Å². The van der Waals surface area contributed by atoms with Crippen molar-refractivity contribution in [1.29, 1.82) is 0 Å². The quantitative estimate of drug-likeness (QED) is 0.0911. The molecule has 1 unspecified atom stereocenters. The van der Waals surface area contributed by atoms with Crippen LogP contribution in [0.3, 0.4) is 0 Å². The Morgan fingerprint density at radius 3 is 1.67 bits per heavy atom. The van der Waals surface area contributed by atoms with Crippen molar-refractivity contribution in [3.8, 4) is 11.5 Å². The van der Waals surface area contributed by atoms with Crippen molar-refractivity contribution in [2.24, 2.45) is 10.8 Å². The van der Waals surface area contributed by atoms with Crippen LogP contribution >= 0.6 is 11.6 Å². The van der Waals surface area contributed by atoms with Gasteiger partial charge < -0.3 is 48.2 Å². The summed E-state index contributed by atoms with van der Waals surface area (Å²) >= 11 is 6.90. The minimum absolute atomic E-state index is 0.00267. The number of carbonyl (C=O) groups is 2. The summed E-state index contributed by atoms with van der Waals surface area (Å²) in [5.74, 6) is -0.0283. The predicted molar refractivity (Wildman–Crippen MR) is 243 cm³/mol. The predicted octanol–water partition coefficient (Wildman–Crippen LogP) is 8.23. The SMILES string of the molecule is COCOc1ccc(B2OC(C)(C)C(C)(CCOCOc3c(Cl)cc(B4OC(C)(C)C(C)(C)O4)cc3C(=O)NC(C)(C)CC(C)(C)C)O2)cc1C(=O)NC(C)(C)CC(C)(C)C. The van der Waals surface area contributed by atoms with E-state index in [0.717, 1.165) is 12.8 Å². The molecule has 0 saturated carbocycles. The summed E-state index contributed by atoms with van der Waals surface area (Å²) in [6.07, 6.45) is 1.94. The lowest BCUT2D eigenvalue weighted by Crippen LogP contribution is -2.46. The molecule has 2 N–H and O–H groups in total. The molecular weight excluding hydrogens is 798 g/mol. The van der Waals surface area contributed by atoms with Crippen LogP contribution in [0, 0.1) is 10.8 Å². The molecule has 0 bridgehead atoms. The number of methoxy groups -OCH3 is 1. The van der Waals surface area contributed by atoms with Crippen molar-refractivity contribution >= 4 is 48.6 Å². The van der Waals surface area contributed by atoms with Gasteiger partial charge in [0.15, 0.2) is 19.3 Å². The number of benzene rings is 2. The van der Waals surface area contributed by atoms with Gasteiger partial charge in [-0.3, -0.25) is 9.59 Å². The van der Waals surface area contributed by atoms with Crippen molar-refractivity contribution < 1.29 is 47.2 Å². The molecule has 0 radical (unpaired) electrons. The highest BCUT2D eigenvalue weighted by Gasteiger charge is 2.55.